The molecule has 0 fully saturated rings. The van der Waals surface area contributed by atoms with E-state index in [1.807, 2.05) is 48.5 Å². The molecule has 1 N–H and O–H groups in total. The molecule has 4 rings (SSSR count). The van der Waals surface area contributed by atoms with Gasteiger partial charge in [0.25, 0.3) is 5.91 Å². The van der Waals surface area contributed by atoms with Crippen LogP contribution in [0.2, 0.25) is 0 Å². The standard InChI is InChI=1S/C23H24N4O3/c1-3-4-8-16-11-12-19-18(13-16)21(24-15(2)28)23(29)27(19)14-20-25-26-22(30-20)17-9-6-5-7-10-17/h5-7,9-13,21H,3-4,8,14H2,1-2H3,(H,24,28)/t21-/m0/s1. The van der Waals surface area contributed by atoms with Crippen molar-refractivity contribution in [3.05, 3.63) is 65.5 Å². The molecule has 154 valence electrons. The summed E-state index contributed by atoms with van der Waals surface area (Å²) in [5.74, 6) is 0.300. The van der Waals surface area contributed by atoms with Gasteiger partial charge >= 0.3 is 0 Å². The average molecular weight is 404 g/mol. The number of rotatable bonds is 7. The monoisotopic (exact) mass is 404 g/mol. The Morgan fingerprint density at radius 3 is 2.70 bits per heavy atom. The predicted molar refractivity (Wildman–Crippen MR) is 113 cm³/mol. The Bertz CT molecular complexity index is 1060. The van der Waals surface area contributed by atoms with Gasteiger partial charge in [-0.15, -0.1) is 10.2 Å². The highest BCUT2D eigenvalue weighted by Crippen LogP contribution is 2.38. The maximum absolute atomic E-state index is 13.1. The van der Waals surface area contributed by atoms with E-state index in [1.54, 1.807) is 4.90 Å². The number of nitrogens with zero attached hydrogens (tertiary/aromatic N) is 3. The zero-order valence-electron chi connectivity index (χ0n) is 17.1. The Morgan fingerprint density at radius 2 is 1.97 bits per heavy atom. The first kappa shape index (κ1) is 19.8. The van der Waals surface area contributed by atoms with Crippen LogP contribution in [0.4, 0.5) is 5.69 Å². The maximum Gasteiger partial charge on any atom is 0.254 e. The van der Waals surface area contributed by atoms with E-state index >= 15 is 0 Å². The van der Waals surface area contributed by atoms with Crippen molar-refractivity contribution in [2.45, 2.75) is 45.7 Å². The summed E-state index contributed by atoms with van der Waals surface area (Å²) in [5.41, 5.74) is 3.55. The third-order valence-corrected chi connectivity index (χ3v) is 5.15. The normalized spacial score (nSPS) is 15.3. The molecule has 0 aliphatic carbocycles. The molecule has 7 heteroatoms. The summed E-state index contributed by atoms with van der Waals surface area (Å²) in [6, 6.07) is 14.8. The van der Waals surface area contributed by atoms with Crippen LogP contribution in [-0.4, -0.2) is 22.0 Å². The fourth-order valence-electron chi connectivity index (χ4n) is 3.68. The second-order valence-electron chi connectivity index (χ2n) is 7.42. The number of aryl methyl sites for hydroxylation is 1. The van der Waals surface area contributed by atoms with E-state index in [1.165, 1.54) is 6.92 Å². The molecule has 2 amide bonds. The van der Waals surface area contributed by atoms with Crippen LogP contribution in [0, 0.1) is 0 Å². The molecule has 0 spiro atoms. The van der Waals surface area contributed by atoms with Gasteiger partial charge in [0, 0.05) is 18.1 Å². The highest BCUT2D eigenvalue weighted by molar-refractivity contribution is 6.06. The Morgan fingerprint density at radius 1 is 1.17 bits per heavy atom. The lowest BCUT2D eigenvalue weighted by Crippen LogP contribution is -2.36. The van der Waals surface area contributed by atoms with Gasteiger partial charge in [0.15, 0.2) is 0 Å². The third kappa shape index (κ3) is 3.96. The molecular weight excluding hydrogens is 380 g/mol. The number of carbonyl (C=O) groups excluding carboxylic acids is 2. The van der Waals surface area contributed by atoms with Crippen molar-refractivity contribution < 1.29 is 14.0 Å². The SMILES string of the molecule is CCCCc1ccc2c(c1)[C@H](NC(C)=O)C(=O)N2Cc1nnc(-c2ccccc2)o1. The summed E-state index contributed by atoms with van der Waals surface area (Å²) in [5, 5.41) is 11.0. The van der Waals surface area contributed by atoms with Crippen LogP contribution >= 0.6 is 0 Å². The highest BCUT2D eigenvalue weighted by Gasteiger charge is 2.38. The molecule has 1 aliphatic rings. The Kier molecular flexibility index (Phi) is 5.61. The van der Waals surface area contributed by atoms with Crippen LogP contribution in [0.3, 0.4) is 0 Å². The number of nitrogens with one attached hydrogen (secondary N) is 1. The summed E-state index contributed by atoms with van der Waals surface area (Å²) in [7, 11) is 0. The maximum atomic E-state index is 13.1. The van der Waals surface area contributed by atoms with Gasteiger partial charge in [0.2, 0.25) is 17.7 Å². The fraction of sp³-hybridized carbons (Fsp3) is 0.304. The molecule has 30 heavy (non-hydrogen) atoms. The lowest BCUT2D eigenvalue weighted by Gasteiger charge is -2.15. The molecule has 3 aromatic rings. The number of aromatic nitrogens is 2. The average Bonchev–Trinajstić information content (AvgIpc) is 3.32. The first-order valence-corrected chi connectivity index (χ1v) is 10.2. The molecule has 1 aromatic heterocycles. The number of unbranched alkanes of at least 4 members (excludes halogenated alkanes) is 1. The Hall–Kier alpha value is -3.48. The Balaban J connectivity index is 1.62. The number of carbonyl (C=O) groups is 2. The van der Waals surface area contributed by atoms with E-state index in [-0.39, 0.29) is 18.4 Å². The van der Waals surface area contributed by atoms with E-state index in [0.717, 1.165) is 41.6 Å². The second kappa shape index (κ2) is 8.49. The van der Waals surface area contributed by atoms with Gasteiger partial charge < -0.3 is 14.6 Å². The molecule has 0 saturated carbocycles. The smallest absolute Gasteiger partial charge is 0.254 e. The quantitative estimate of drug-likeness (QED) is 0.647. The van der Waals surface area contributed by atoms with Gasteiger partial charge in [-0.2, -0.15) is 0 Å². The van der Waals surface area contributed by atoms with Gasteiger partial charge in [-0.05, 0) is 36.6 Å². The van der Waals surface area contributed by atoms with E-state index in [9.17, 15) is 9.59 Å². The largest absolute Gasteiger partial charge is 0.419 e. The molecule has 0 saturated heterocycles. The predicted octanol–water partition coefficient (Wildman–Crippen LogP) is 3.80. The van der Waals surface area contributed by atoms with Crippen LogP contribution in [0.15, 0.2) is 52.9 Å². The van der Waals surface area contributed by atoms with E-state index in [4.69, 9.17) is 4.42 Å². The summed E-state index contributed by atoms with van der Waals surface area (Å²) >= 11 is 0. The summed E-state index contributed by atoms with van der Waals surface area (Å²) in [6.07, 6.45) is 3.11. The van der Waals surface area contributed by atoms with Crippen LogP contribution < -0.4 is 10.2 Å². The van der Waals surface area contributed by atoms with Gasteiger partial charge in [-0.25, -0.2) is 0 Å². The number of hydrogen-bond donors (Lipinski definition) is 1. The molecule has 2 heterocycles. The Labute approximate surface area is 175 Å². The minimum Gasteiger partial charge on any atom is -0.419 e. The second-order valence-corrected chi connectivity index (χ2v) is 7.42. The zero-order valence-corrected chi connectivity index (χ0v) is 17.1. The fourth-order valence-corrected chi connectivity index (χ4v) is 3.68. The van der Waals surface area contributed by atoms with Gasteiger partial charge in [-0.3, -0.25) is 9.59 Å². The molecule has 1 aliphatic heterocycles. The minimum atomic E-state index is -0.699. The van der Waals surface area contributed by atoms with Gasteiger partial charge in [0.1, 0.15) is 12.6 Å². The summed E-state index contributed by atoms with van der Waals surface area (Å²) in [6.45, 7) is 3.71. The van der Waals surface area contributed by atoms with Crippen molar-refractivity contribution in [3.63, 3.8) is 0 Å². The number of anilines is 1. The zero-order chi connectivity index (χ0) is 21.1. The van der Waals surface area contributed by atoms with Gasteiger partial charge in [0.05, 0.1) is 5.69 Å². The lowest BCUT2D eigenvalue weighted by atomic mass is 10.0. The summed E-state index contributed by atoms with van der Waals surface area (Å²) < 4.78 is 5.78. The molecule has 2 aromatic carbocycles. The number of fused-ring (bicyclic) bond motifs is 1. The van der Waals surface area contributed by atoms with E-state index in [0.29, 0.717) is 11.8 Å². The molecule has 1 atom stereocenters. The first-order valence-electron chi connectivity index (χ1n) is 10.2. The van der Waals surface area contributed by atoms with E-state index < -0.39 is 6.04 Å². The van der Waals surface area contributed by atoms with Crippen LogP contribution in [0.1, 0.15) is 49.7 Å². The van der Waals surface area contributed by atoms with Crippen molar-refractivity contribution in [2.75, 3.05) is 4.90 Å². The minimum absolute atomic E-state index is 0.149. The van der Waals surface area contributed by atoms with E-state index in [2.05, 4.69) is 22.4 Å². The highest BCUT2D eigenvalue weighted by atomic mass is 16.4. The summed E-state index contributed by atoms with van der Waals surface area (Å²) in [4.78, 5) is 26.4. The van der Waals surface area contributed by atoms with Crippen molar-refractivity contribution in [1.29, 1.82) is 0 Å². The van der Waals surface area contributed by atoms with Crippen LogP contribution in [-0.2, 0) is 22.6 Å². The molecule has 7 nitrogen and oxygen atoms in total. The first-order chi connectivity index (χ1) is 14.6. The van der Waals surface area contributed by atoms with Crippen LogP contribution in [0.5, 0.6) is 0 Å². The molecule has 0 bridgehead atoms. The van der Waals surface area contributed by atoms with Crippen molar-refractivity contribution >= 4 is 17.5 Å². The lowest BCUT2D eigenvalue weighted by molar-refractivity contribution is -0.126. The van der Waals surface area contributed by atoms with Crippen molar-refractivity contribution in [1.82, 2.24) is 15.5 Å². The third-order valence-electron chi connectivity index (χ3n) is 5.15. The molecule has 0 unspecified atom stereocenters. The topological polar surface area (TPSA) is 88.3 Å². The van der Waals surface area contributed by atoms with Gasteiger partial charge in [-0.1, -0.05) is 43.7 Å². The van der Waals surface area contributed by atoms with Crippen molar-refractivity contribution in [3.8, 4) is 11.5 Å². The number of hydrogen-bond acceptors (Lipinski definition) is 5. The number of amides is 2. The molecular formula is C23H24N4O3. The number of benzene rings is 2. The van der Waals surface area contributed by atoms with Crippen LogP contribution in [0.25, 0.3) is 11.5 Å². The van der Waals surface area contributed by atoms with Crippen molar-refractivity contribution in [2.24, 2.45) is 0 Å². The molecule has 0 radical (unpaired) electrons.